The van der Waals surface area contributed by atoms with Crippen LogP contribution in [0.15, 0.2) is 24.3 Å². The third kappa shape index (κ3) is 3.63. The number of aliphatic hydroxyl groups is 1. The molecule has 1 aliphatic carbocycles. The molecule has 2 rings (SSSR count). The maximum atomic E-state index is 9.57. The van der Waals surface area contributed by atoms with Gasteiger partial charge in [-0.2, -0.15) is 0 Å². The van der Waals surface area contributed by atoms with Crippen LogP contribution in [0, 0.1) is 0 Å². The van der Waals surface area contributed by atoms with Gasteiger partial charge < -0.3 is 14.6 Å². The summed E-state index contributed by atoms with van der Waals surface area (Å²) in [4.78, 5) is 0. The Hall–Kier alpha value is -1.22. The summed E-state index contributed by atoms with van der Waals surface area (Å²) in [6.07, 6.45) is 3.68. The summed E-state index contributed by atoms with van der Waals surface area (Å²) < 4.78 is 11.2. The van der Waals surface area contributed by atoms with Crippen LogP contribution in [-0.2, 0) is 0 Å². The summed E-state index contributed by atoms with van der Waals surface area (Å²) in [7, 11) is 0. The highest BCUT2D eigenvalue weighted by molar-refractivity contribution is 5.31. The van der Waals surface area contributed by atoms with Crippen LogP contribution in [0.2, 0.25) is 0 Å². The Bertz CT molecular complexity index is 334. The van der Waals surface area contributed by atoms with Crippen LogP contribution in [0.4, 0.5) is 0 Å². The van der Waals surface area contributed by atoms with E-state index in [0.717, 1.165) is 37.2 Å². The van der Waals surface area contributed by atoms with Crippen molar-refractivity contribution in [3.05, 3.63) is 24.3 Å². The predicted molar refractivity (Wildman–Crippen MR) is 66.5 cm³/mol. The van der Waals surface area contributed by atoms with Crippen molar-refractivity contribution in [2.75, 3.05) is 6.61 Å². The Morgan fingerprint density at radius 1 is 1.18 bits per heavy atom. The van der Waals surface area contributed by atoms with E-state index < -0.39 is 0 Å². The molecule has 1 N–H and O–H groups in total. The van der Waals surface area contributed by atoms with Gasteiger partial charge in [0.15, 0.2) is 0 Å². The van der Waals surface area contributed by atoms with Gasteiger partial charge in [0.1, 0.15) is 17.6 Å². The van der Waals surface area contributed by atoms with Gasteiger partial charge in [-0.15, -0.1) is 0 Å². The van der Waals surface area contributed by atoms with Crippen molar-refractivity contribution in [1.29, 1.82) is 0 Å². The maximum Gasteiger partial charge on any atom is 0.119 e. The van der Waals surface area contributed by atoms with Gasteiger partial charge in [0.2, 0.25) is 0 Å². The molecule has 0 saturated heterocycles. The van der Waals surface area contributed by atoms with E-state index in [2.05, 4.69) is 0 Å². The number of hydrogen-bond acceptors (Lipinski definition) is 3. The van der Waals surface area contributed by atoms with E-state index >= 15 is 0 Å². The average molecular weight is 236 g/mol. The minimum atomic E-state index is -0.198. The molecule has 0 aromatic heterocycles. The molecule has 2 atom stereocenters. The molecular weight excluding hydrogens is 216 g/mol. The lowest BCUT2D eigenvalue weighted by atomic mass is 9.95. The second-order valence-corrected chi connectivity index (χ2v) is 4.46. The van der Waals surface area contributed by atoms with Gasteiger partial charge in [-0.3, -0.25) is 0 Å². The van der Waals surface area contributed by atoms with Crippen molar-refractivity contribution >= 4 is 0 Å². The summed E-state index contributed by atoms with van der Waals surface area (Å²) in [5.74, 6) is 1.72. The Morgan fingerprint density at radius 3 is 2.53 bits per heavy atom. The molecule has 1 aromatic carbocycles. The molecule has 0 amide bonds. The zero-order valence-electron chi connectivity index (χ0n) is 10.3. The molecule has 0 bridgehead atoms. The summed E-state index contributed by atoms with van der Waals surface area (Å²) >= 11 is 0. The topological polar surface area (TPSA) is 38.7 Å². The van der Waals surface area contributed by atoms with E-state index in [1.807, 2.05) is 31.2 Å². The molecule has 17 heavy (non-hydrogen) atoms. The lowest BCUT2D eigenvalue weighted by molar-refractivity contribution is 0.0536. The number of hydrogen-bond donors (Lipinski definition) is 1. The van der Waals surface area contributed by atoms with Gasteiger partial charge in [-0.1, -0.05) is 0 Å². The van der Waals surface area contributed by atoms with Crippen molar-refractivity contribution in [3.63, 3.8) is 0 Å². The van der Waals surface area contributed by atoms with E-state index in [1.165, 1.54) is 0 Å². The van der Waals surface area contributed by atoms with Crippen LogP contribution in [0.1, 0.15) is 32.6 Å². The van der Waals surface area contributed by atoms with Crippen molar-refractivity contribution in [1.82, 2.24) is 0 Å². The first kappa shape index (κ1) is 12.2. The van der Waals surface area contributed by atoms with Gasteiger partial charge in [0, 0.05) is 6.42 Å². The molecular formula is C14H20O3. The fraction of sp³-hybridized carbons (Fsp3) is 0.571. The molecule has 0 radical (unpaired) electrons. The first-order valence-electron chi connectivity index (χ1n) is 6.35. The Morgan fingerprint density at radius 2 is 1.88 bits per heavy atom. The van der Waals surface area contributed by atoms with Gasteiger partial charge >= 0.3 is 0 Å². The molecule has 0 heterocycles. The molecule has 1 aromatic rings. The highest BCUT2D eigenvalue weighted by atomic mass is 16.5. The number of aliphatic hydroxyl groups excluding tert-OH is 1. The van der Waals surface area contributed by atoms with E-state index in [9.17, 15) is 5.11 Å². The first-order valence-corrected chi connectivity index (χ1v) is 6.35. The van der Waals surface area contributed by atoms with Crippen molar-refractivity contribution in [2.45, 2.75) is 44.8 Å². The molecule has 94 valence electrons. The average Bonchev–Trinajstić information content (AvgIpc) is 2.32. The molecule has 3 nitrogen and oxygen atoms in total. The van der Waals surface area contributed by atoms with Crippen LogP contribution < -0.4 is 9.47 Å². The molecule has 3 heteroatoms. The van der Waals surface area contributed by atoms with Crippen LogP contribution >= 0.6 is 0 Å². The molecule has 2 unspecified atom stereocenters. The minimum absolute atomic E-state index is 0.150. The zero-order chi connectivity index (χ0) is 12.1. The molecule has 1 fully saturated rings. The lowest BCUT2D eigenvalue weighted by Crippen LogP contribution is -2.28. The normalized spacial score (nSPS) is 24.4. The minimum Gasteiger partial charge on any atom is -0.494 e. The van der Waals surface area contributed by atoms with Crippen LogP contribution in [-0.4, -0.2) is 23.9 Å². The van der Waals surface area contributed by atoms with E-state index in [0.29, 0.717) is 6.61 Å². The smallest absolute Gasteiger partial charge is 0.119 e. The Balaban J connectivity index is 1.89. The molecule has 0 aliphatic heterocycles. The molecule has 1 aliphatic rings. The van der Waals surface area contributed by atoms with E-state index in [-0.39, 0.29) is 12.2 Å². The zero-order valence-corrected chi connectivity index (χ0v) is 10.3. The van der Waals surface area contributed by atoms with Crippen LogP contribution in [0.5, 0.6) is 11.5 Å². The van der Waals surface area contributed by atoms with Gasteiger partial charge in [-0.05, 0) is 50.5 Å². The molecule has 0 spiro atoms. The van der Waals surface area contributed by atoms with Gasteiger partial charge in [-0.25, -0.2) is 0 Å². The second kappa shape index (κ2) is 5.92. The number of ether oxygens (including phenoxy) is 2. The van der Waals surface area contributed by atoms with Gasteiger partial charge in [0.05, 0.1) is 12.7 Å². The largest absolute Gasteiger partial charge is 0.494 e. The quantitative estimate of drug-likeness (QED) is 0.873. The SMILES string of the molecule is CCOc1ccc(OC2CCCC(O)C2)cc1. The van der Waals surface area contributed by atoms with Crippen molar-refractivity contribution < 1.29 is 14.6 Å². The van der Waals surface area contributed by atoms with E-state index in [4.69, 9.17) is 9.47 Å². The summed E-state index contributed by atoms with van der Waals surface area (Å²) in [5, 5.41) is 9.57. The fourth-order valence-corrected chi connectivity index (χ4v) is 2.20. The first-order chi connectivity index (χ1) is 8.28. The Labute approximate surface area is 102 Å². The predicted octanol–water partition coefficient (Wildman–Crippen LogP) is 2.77. The Kier molecular flexibility index (Phi) is 4.26. The highest BCUT2D eigenvalue weighted by Gasteiger charge is 2.21. The van der Waals surface area contributed by atoms with Crippen molar-refractivity contribution in [2.24, 2.45) is 0 Å². The van der Waals surface area contributed by atoms with Crippen molar-refractivity contribution in [3.8, 4) is 11.5 Å². The summed E-state index contributed by atoms with van der Waals surface area (Å²) in [6, 6.07) is 7.67. The number of benzene rings is 1. The lowest BCUT2D eigenvalue weighted by Gasteiger charge is -2.26. The second-order valence-electron chi connectivity index (χ2n) is 4.46. The third-order valence-electron chi connectivity index (χ3n) is 3.04. The third-order valence-corrected chi connectivity index (χ3v) is 3.04. The monoisotopic (exact) mass is 236 g/mol. The summed E-state index contributed by atoms with van der Waals surface area (Å²) in [5.41, 5.74) is 0. The standard InChI is InChI=1S/C14H20O3/c1-2-16-12-6-8-13(9-7-12)17-14-5-3-4-11(15)10-14/h6-9,11,14-15H,2-5,10H2,1H3. The summed E-state index contributed by atoms with van der Waals surface area (Å²) in [6.45, 7) is 2.64. The van der Waals surface area contributed by atoms with Crippen LogP contribution in [0.3, 0.4) is 0 Å². The molecule has 1 saturated carbocycles. The van der Waals surface area contributed by atoms with E-state index in [1.54, 1.807) is 0 Å². The number of rotatable bonds is 4. The fourth-order valence-electron chi connectivity index (χ4n) is 2.20. The highest BCUT2D eigenvalue weighted by Crippen LogP contribution is 2.25. The van der Waals surface area contributed by atoms with Crippen LogP contribution in [0.25, 0.3) is 0 Å². The maximum absolute atomic E-state index is 9.57. The van der Waals surface area contributed by atoms with Gasteiger partial charge in [0.25, 0.3) is 0 Å².